The molecular weight excluding hydrogens is 402 g/mol. The third kappa shape index (κ3) is 10.5. The summed E-state index contributed by atoms with van der Waals surface area (Å²) in [5.41, 5.74) is 0. The van der Waals surface area contributed by atoms with Gasteiger partial charge in [0.25, 0.3) is 0 Å². The van der Waals surface area contributed by atoms with Crippen molar-refractivity contribution in [2.45, 2.75) is 45.4 Å². The minimum atomic E-state index is -0.143. The van der Waals surface area contributed by atoms with Crippen LogP contribution in [0.1, 0.15) is 51.3 Å². The van der Waals surface area contributed by atoms with E-state index in [2.05, 4.69) is 23.8 Å². The van der Waals surface area contributed by atoms with Crippen molar-refractivity contribution < 1.29 is 24.1 Å². The lowest BCUT2D eigenvalue weighted by molar-refractivity contribution is 0.0808. The van der Waals surface area contributed by atoms with Crippen molar-refractivity contribution in [2.24, 2.45) is 0 Å². The van der Waals surface area contributed by atoms with E-state index in [-0.39, 0.29) is 12.5 Å². The highest BCUT2D eigenvalue weighted by Gasteiger charge is 2.22. The number of unbranched alkanes of at least 4 members (excludes halogenated alkanes) is 2. The van der Waals surface area contributed by atoms with Crippen LogP contribution in [0.2, 0.25) is 0 Å². The number of methoxy groups -OCH3 is 2. The summed E-state index contributed by atoms with van der Waals surface area (Å²) in [6.45, 7) is 7.39. The maximum absolute atomic E-state index is 9.55. The van der Waals surface area contributed by atoms with Gasteiger partial charge in [-0.3, -0.25) is 0 Å². The molecule has 1 atom stereocenters. The van der Waals surface area contributed by atoms with Crippen LogP contribution in [-0.2, 0) is 18.9 Å². The van der Waals surface area contributed by atoms with Crippen molar-refractivity contribution in [3.05, 3.63) is 5.82 Å². The lowest BCUT2D eigenvalue weighted by Gasteiger charge is -2.25. The molecule has 0 fully saturated rings. The molecule has 31 heavy (non-hydrogen) atoms. The molecule has 0 saturated carbocycles. The van der Waals surface area contributed by atoms with Crippen LogP contribution in [0.3, 0.4) is 0 Å². The summed E-state index contributed by atoms with van der Waals surface area (Å²) in [6.07, 6.45) is 4.11. The molecular formula is C21H41N5O5. The molecule has 180 valence electrons. The summed E-state index contributed by atoms with van der Waals surface area (Å²) in [5, 5.41) is 9.55. The van der Waals surface area contributed by atoms with E-state index in [0.717, 1.165) is 25.7 Å². The number of hydrogen-bond acceptors (Lipinski definition) is 10. The Morgan fingerprint density at radius 1 is 0.871 bits per heavy atom. The minimum Gasteiger partial charge on any atom is -0.395 e. The van der Waals surface area contributed by atoms with Crippen LogP contribution < -0.4 is 9.80 Å². The smallest absolute Gasteiger partial charge is 0.232 e. The summed E-state index contributed by atoms with van der Waals surface area (Å²) >= 11 is 0. The molecule has 10 heteroatoms. The van der Waals surface area contributed by atoms with Gasteiger partial charge in [0, 0.05) is 41.0 Å². The van der Waals surface area contributed by atoms with Gasteiger partial charge < -0.3 is 33.9 Å². The van der Waals surface area contributed by atoms with Crippen molar-refractivity contribution in [1.82, 2.24) is 15.0 Å². The first-order valence-electron chi connectivity index (χ1n) is 11.1. The topological polar surface area (TPSA) is 102 Å². The number of aromatic nitrogens is 3. The number of aliphatic hydroxyl groups excluding tert-OH is 1. The molecule has 0 aromatic carbocycles. The molecule has 1 rings (SSSR count). The lowest BCUT2D eigenvalue weighted by Crippen LogP contribution is -2.33. The molecule has 0 saturated heterocycles. The van der Waals surface area contributed by atoms with Crippen LogP contribution >= 0.6 is 0 Å². The van der Waals surface area contributed by atoms with E-state index in [4.69, 9.17) is 23.9 Å². The SMILES string of the molecule is CCCCOCC(COC)c1nc(N(C)COC)nc(N(CCO)COCCCC)n1. The zero-order chi connectivity index (χ0) is 22.9. The normalized spacial score (nSPS) is 12.2. The summed E-state index contributed by atoms with van der Waals surface area (Å²) in [7, 11) is 5.12. The van der Waals surface area contributed by atoms with Crippen LogP contribution in [0.4, 0.5) is 11.9 Å². The predicted octanol–water partition coefficient (Wildman–Crippen LogP) is 2.03. The lowest BCUT2D eigenvalue weighted by atomic mass is 10.1. The second-order valence-electron chi connectivity index (χ2n) is 7.37. The number of hydrogen-bond donors (Lipinski definition) is 1. The Kier molecular flexibility index (Phi) is 15.1. The van der Waals surface area contributed by atoms with Gasteiger partial charge in [-0.1, -0.05) is 26.7 Å². The fourth-order valence-corrected chi connectivity index (χ4v) is 2.75. The maximum atomic E-state index is 9.55. The van der Waals surface area contributed by atoms with E-state index >= 15 is 0 Å². The van der Waals surface area contributed by atoms with E-state index in [0.29, 0.717) is 64.2 Å². The molecule has 0 spiro atoms. The number of rotatable bonds is 19. The third-order valence-corrected chi connectivity index (χ3v) is 4.53. The molecule has 0 aliphatic heterocycles. The molecule has 0 aliphatic rings. The summed E-state index contributed by atoms with van der Waals surface area (Å²) in [5.74, 6) is 1.37. The van der Waals surface area contributed by atoms with Gasteiger partial charge in [-0.2, -0.15) is 15.0 Å². The Bertz CT molecular complexity index is 541. The molecule has 1 aromatic rings. The molecule has 1 N–H and O–H groups in total. The highest BCUT2D eigenvalue weighted by Crippen LogP contribution is 2.20. The largest absolute Gasteiger partial charge is 0.395 e. The Morgan fingerprint density at radius 2 is 1.55 bits per heavy atom. The third-order valence-electron chi connectivity index (χ3n) is 4.53. The van der Waals surface area contributed by atoms with Crippen molar-refractivity contribution in [2.75, 3.05) is 84.1 Å². The quantitative estimate of drug-likeness (QED) is 0.252. The highest BCUT2D eigenvalue weighted by atomic mass is 16.5. The number of ether oxygens (including phenoxy) is 4. The number of nitrogens with zero attached hydrogens (tertiary/aromatic N) is 5. The first-order valence-corrected chi connectivity index (χ1v) is 11.1. The van der Waals surface area contributed by atoms with Crippen LogP contribution in [0, 0.1) is 0 Å². The van der Waals surface area contributed by atoms with Crippen LogP contribution in [0.25, 0.3) is 0 Å². The van der Waals surface area contributed by atoms with Crippen molar-refractivity contribution >= 4 is 11.9 Å². The fraction of sp³-hybridized carbons (Fsp3) is 0.857. The zero-order valence-corrected chi connectivity index (χ0v) is 19.9. The molecule has 0 amide bonds. The molecule has 0 radical (unpaired) electrons. The fourth-order valence-electron chi connectivity index (χ4n) is 2.75. The highest BCUT2D eigenvalue weighted by molar-refractivity contribution is 5.38. The average molecular weight is 444 g/mol. The van der Waals surface area contributed by atoms with Gasteiger partial charge in [0.1, 0.15) is 19.3 Å². The van der Waals surface area contributed by atoms with Crippen LogP contribution in [0.15, 0.2) is 0 Å². The van der Waals surface area contributed by atoms with Gasteiger partial charge in [0.15, 0.2) is 0 Å². The molecule has 0 bridgehead atoms. The van der Waals surface area contributed by atoms with E-state index in [1.54, 1.807) is 19.1 Å². The van der Waals surface area contributed by atoms with Gasteiger partial charge in [0.05, 0.1) is 25.7 Å². The monoisotopic (exact) mass is 443 g/mol. The van der Waals surface area contributed by atoms with Crippen LogP contribution in [-0.4, -0.2) is 94.4 Å². The van der Waals surface area contributed by atoms with Gasteiger partial charge >= 0.3 is 0 Å². The Morgan fingerprint density at radius 3 is 2.16 bits per heavy atom. The average Bonchev–Trinajstić information content (AvgIpc) is 2.78. The predicted molar refractivity (Wildman–Crippen MR) is 121 cm³/mol. The van der Waals surface area contributed by atoms with Crippen molar-refractivity contribution in [3.8, 4) is 0 Å². The van der Waals surface area contributed by atoms with Gasteiger partial charge in [-0.05, 0) is 12.8 Å². The van der Waals surface area contributed by atoms with Crippen LogP contribution in [0.5, 0.6) is 0 Å². The molecule has 1 heterocycles. The maximum Gasteiger partial charge on any atom is 0.232 e. The first kappa shape index (κ1) is 27.4. The van der Waals surface area contributed by atoms with Crippen molar-refractivity contribution in [3.63, 3.8) is 0 Å². The summed E-state index contributed by atoms with van der Waals surface area (Å²) < 4.78 is 22.2. The molecule has 10 nitrogen and oxygen atoms in total. The van der Waals surface area contributed by atoms with Gasteiger partial charge in [-0.15, -0.1) is 0 Å². The van der Waals surface area contributed by atoms with Gasteiger partial charge in [0.2, 0.25) is 11.9 Å². The second kappa shape index (κ2) is 17.0. The standard InChI is InChI=1S/C21H41N5O5/c1-6-8-12-30-15-18(14-28-4)19-22-20(25(3)16-29-5)24-21(23-19)26(10-11-27)17-31-13-9-7-2/h18,27H,6-17H2,1-5H3. The number of anilines is 2. The van der Waals surface area contributed by atoms with Crippen molar-refractivity contribution in [1.29, 1.82) is 0 Å². The summed E-state index contributed by atoms with van der Waals surface area (Å²) in [6, 6.07) is 0. The zero-order valence-electron chi connectivity index (χ0n) is 19.9. The minimum absolute atomic E-state index is 0.0387. The van der Waals surface area contributed by atoms with E-state index in [9.17, 15) is 5.11 Å². The molecule has 1 aromatic heterocycles. The molecule has 1 unspecified atom stereocenters. The van der Waals surface area contributed by atoms with E-state index in [1.807, 2.05) is 11.9 Å². The van der Waals surface area contributed by atoms with E-state index in [1.165, 1.54) is 0 Å². The van der Waals surface area contributed by atoms with E-state index < -0.39 is 0 Å². The second-order valence-corrected chi connectivity index (χ2v) is 7.37. The van der Waals surface area contributed by atoms with Gasteiger partial charge in [-0.25, -0.2) is 0 Å². The molecule has 0 aliphatic carbocycles. The Labute approximate surface area is 186 Å². The first-order chi connectivity index (χ1) is 15.1. The Balaban J connectivity index is 3.17. The Hall–Kier alpha value is -1.59. The summed E-state index contributed by atoms with van der Waals surface area (Å²) in [4.78, 5) is 17.6. The number of aliphatic hydroxyl groups is 1.